The van der Waals surface area contributed by atoms with Gasteiger partial charge in [0.2, 0.25) is 0 Å². The molecule has 1 aliphatic rings. The lowest BCUT2D eigenvalue weighted by atomic mass is 10.1. The third-order valence-corrected chi connectivity index (χ3v) is 5.94. The summed E-state index contributed by atoms with van der Waals surface area (Å²) in [7, 11) is 0. The van der Waals surface area contributed by atoms with Crippen molar-refractivity contribution in [1.29, 1.82) is 0 Å². The lowest BCUT2D eigenvalue weighted by Crippen LogP contribution is -2.43. The summed E-state index contributed by atoms with van der Waals surface area (Å²) in [6, 6.07) is 15.1. The van der Waals surface area contributed by atoms with Gasteiger partial charge in [-0.2, -0.15) is 13.2 Å². The average Bonchev–Trinajstić information content (AvgIpc) is 2.98. The van der Waals surface area contributed by atoms with Crippen LogP contribution in [0.5, 0.6) is 0 Å². The summed E-state index contributed by atoms with van der Waals surface area (Å²) >= 11 is 7.27. The molecule has 0 spiro atoms. The van der Waals surface area contributed by atoms with Gasteiger partial charge in [0, 0.05) is 18.0 Å². The normalized spacial score (nSPS) is 20.6. The zero-order chi connectivity index (χ0) is 18.1. The Morgan fingerprint density at radius 1 is 1.16 bits per heavy atom. The van der Waals surface area contributed by atoms with Gasteiger partial charge in [0.1, 0.15) is 4.87 Å². The fourth-order valence-electron chi connectivity index (χ4n) is 2.87. The van der Waals surface area contributed by atoms with Crippen LogP contribution in [0, 0.1) is 0 Å². The van der Waals surface area contributed by atoms with Crippen LogP contribution < -0.4 is 5.32 Å². The minimum absolute atomic E-state index is 0.340. The topological polar surface area (TPSA) is 15.3 Å². The Labute approximate surface area is 154 Å². The van der Waals surface area contributed by atoms with E-state index < -0.39 is 11.7 Å². The number of hydrogen-bond acceptors (Lipinski definition) is 2. The Kier molecular flexibility index (Phi) is 4.97. The molecule has 1 heterocycles. The summed E-state index contributed by atoms with van der Waals surface area (Å²) in [5.41, 5.74) is 0.764. The van der Waals surface area contributed by atoms with Crippen LogP contribution >= 0.6 is 24.0 Å². The highest BCUT2D eigenvalue weighted by molar-refractivity contribution is 8.00. The molecule has 1 atom stereocenters. The first kappa shape index (κ1) is 18.1. The second-order valence-electron chi connectivity index (χ2n) is 5.86. The highest BCUT2D eigenvalue weighted by Gasteiger charge is 2.40. The van der Waals surface area contributed by atoms with Gasteiger partial charge in [-0.05, 0) is 42.9 Å². The third-order valence-electron chi connectivity index (χ3n) is 4.21. The van der Waals surface area contributed by atoms with Crippen molar-refractivity contribution in [1.82, 2.24) is 4.90 Å². The molecule has 0 aliphatic carbocycles. The molecule has 1 fully saturated rings. The van der Waals surface area contributed by atoms with Gasteiger partial charge in [-0.15, -0.1) is 11.8 Å². The summed E-state index contributed by atoms with van der Waals surface area (Å²) in [5.74, 6) is 0.899. The summed E-state index contributed by atoms with van der Waals surface area (Å²) in [4.78, 5) is 1.69. The van der Waals surface area contributed by atoms with Gasteiger partial charge < -0.3 is 10.2 Å². The van der Waals surface area contributed by atoms with E-state index >= 15 is 0 Å². The summed E-state index contributed by atoms with van der Waals surface area (Å²) in [6.07, 6.45) is -4.37. The van der Waals surface area contributed by atoms with Crippen molar-refractivity contribution in [3.05, 3.63) is 65.7 Å². The number of nitrogens with zero attached hydrogens (tertiary/aromatic N) is 1. The molecule has 3 rings (SSSR count). The van der Waals surface area contributed by atoms with Gasteiger partial charge in [0.05, 0.1) is 5.56 Å². The van der Waals surface area contributed by atoms with Crippen molar-refractivity contribution in [3.63, 3.8) is 0 Å². The monoisotopic (exact) mass is 382 g/mol. The fraction of sp³-hybridized carbons (Fsp3) is 0.278. The predicted octanol–water partition coefficient (Wildman–Crippen LogP) is 5.32. The minimum Gasteiger partial charge on any atom is -0.333 e. The summed E-state index contributed by atoms with van der Waals surface area (Å²) < 4.78 is 38.6. The van der Waals surface area contributed by atoms with Crippen LogP contribution in [-0.4, -0.2) is 22.3 Å². The van der Waals surface area contributed by atoms with E-state index in [-0.39, 0.29) is 4.87 Å². The minimum atomic E-state index is -4.37. The molecule has 0 saturated carbocycles. The Morgan fingerprint density at radius 2 is 1.88 bits per heavy atom. The Balaban J connectivity index is 1.81. The molecular weight excluding hydrogens is 365 g/mol. The van der Waals surface area contributed by atoms with Crippen LogP contribution in [-0.2, 0) is 11.0 Å². The van der Waals surface area contributed by atoms with Crippen molar-refractivity contribution >= 4 is 34.8 Å². The zero-order valence-electron chi connectivity index (χ0n) is 13.5. The van der Waals surface area contributed by atoms with Crippen LogP contribution in [0.3, 0.4) is 0 Å². The molecule has 1 N–H and O–H groups in total. The van der Waals surface area contributed by atoms with Crippen molar-refractivity contribution in [3.8, 4) is 0 Å². The number of thioether (sulfide) groups is 1. The lowest BCUT2D eigenvalue weighted by Gasteiger charge is -2.36. The maximum absolute atomic E-state index is 12.9. The van der Waals surface area contributed by atoms with Crippen molar-refractivity contribution in [2.24, 2.45) is 0 Å². The molecule has 2 nitrogen and oxygen atoms in total. The Hall–Kier alpha value is -1.73. The predicted molar refractivity (Wildman–Crippen MR) is 101 cm³/mol. The highest BCUT2D eigenvalue weighted by atomic mass is 32.2. The van der Waals surface area contributed by atoms with Crippen molar-refractivity contribution < 1.29 is 13.2 Å². The molecule has 0 aromatic heterocycles. The van der Waals surface area contributed by atoms with Gasteiger partial charge in [-0.3, -0.25) is 0 Å². The Bertz CT molecular complexity index is 764. The van der Waals surface area contributed by atoms with Gasteiger partial charge >= 0.3 is 6.18 Å². The first-order valence-electron chi connectivity index (χ1n) is 7.76. The largest absolute Gasteiger partial charge is 0.416 e. The maximum atomic E-state index is 12.9. The highest BCUT2D eigenvalue weighted by Crippen LogP contribution is 2.44. The van der Waals surface area contributed by atoms with E-state index in [0.717, 1.165) is 30.0 Å². The van der Waals surface area contributed by atoms with E-state index in [9.17, 15) is 13.2 Å². The molecule has 0 amide bonds. The zero-order valence-corrected chi connectivity index (χ0v) is 15.1. The maximum Gasteiger partial charge on any atom is 0.416 e. The molecule has 0 bridgehead atoms. The van der Waals surface area contributed by atoms with Gasteiger partial charge in [-0.1, -0.05) is 36.4 Å². The second kappa shape index (κ2) is 6.88. The summed E-state index contributed by atoms with van der Waals surface area (Å²) in [5, 5.41) is 3.39. The van der Waals surface area contributed by atoms with E-state index in [2.05, 4.69) is 12.2 Å². The standard InChI is InChI=1S/C18H17F3N2S2/c1-17(13-6-3-2-4-7-13)23(10-11-25-17)16(24)22-15-9-5-8-14(12-15)18(19,20)21/h2-9,12H,10-11H2,1H3,(H,22,24). The number of alkyl halides is 3. The number of thiocarbonyl (C=S) groups is 1. The molecule has 7 heteroatoms. The van der Waals surface area contributed by atoms with Gasteiger partial charge in [0.25, 0.3) is 0 Å². The molecular formula is C18H17F3N2S2. The van der Waals surface area contributed by atoms with E-state index in [4.69, 9.17) is 12.2 Å². The van der Waals surface area contributed by atoms with E-state index in [0.29, 0.717) is 10.8 Å². The average molecular weight is 382 g/mol. The Morgan fingerprint density at radius 3 is 2.56 bits per heavy atom. The second-order valence-corrected chi connectivity index (χ2v) is 7.74. The molecule has 1 aliphatic heterocycles. The molecule has 2 aromatic carbocycles. The smallest absolute Gasteiger partial charge is 0.333 e. The lowest BCUT2D eigenvalue weighted by molar-refractivity contribution is -0.137. The van der Waals surface area contributed by atoms with E-state index in [1.54, 1.807) is 17.8 Å². The SMILES string of the molecule is CC1(c2ccccc2)SCCN1C(=S)Nc1cccc(C(F)(F)F)c1. The van der Waals surface area contributed by atoms with E-state index in [1.165, 1.54) is 6.07 Å². The molecule has 1 unspecified atom stereocenters. The van der Waals surface area contributed by atoms with Gasteiger partial charge in [-0.25, -0.2) is 0 Å². The van der Waals surface area contributed by atoms with Crippen LogP contribution in [0.2, 0.25) is 0 Å². The van der Waals surface area contributed by atoms with Gasteiger partial charge in [0.15, 0.2) is 5.11 Å². The van der Waals surface area contributed by atoms with Crippen molar-refractivity contribution in [2.45, 2.75) is 18.0 Å². The molecule has 25 heavy (non-hydrogen) atoms. The number of nitrogens with one attached hydrogen (secondary N) is 1. The van der Waals surface area contributed by atoms with Crippen LogP contribution in [0.1, 0.15) is 18.1 Å². The molecule has 0 radical (unpaired) electrons. The number of anilines is 1. The molecule has 2 aromatic rings. The quantitative estimate of drug-likeness (QED) is 0.707. The number of rotatable bonds is 2. The first-order chi connectivity index (χ1) is 11.8. The fourth-order valence-corrected chi connectivity index (χ4v) is 4.64. The summed E-state index contributed by atoms with van der Waals surface area (Å²) in [6.45, 7) is 2.82. The number of benzene rings is 2. The first-order valence-corrected chi connectivity index (χ1v) is 9.15. The number of hydrogen-bond donors (Lipinski definition) is 1. The van der Waals surface area contributed by atoms with Crippen LogP contribution in [0.25, 0.3) is 0 Å². The van der Waals surface area contributed by atoms with Crippen LogP contribution in [0.15, 0.2) is 54.6 Å². The van der Waals surface area contributed by atoms with E-state index in [1.807, 2.05) is 35.2 Å². The third kappa shape index (κ3) is 3.77. The molecule has 132 valence electrons. The number of halogens is 3. The van der Waals surface area contributed by atoms with Crippen LogP contribution in [0.4, 0.5) is 18.9 Å². The molecule has 1 saturated heterocycles. The van der Waals surface area contributed by atoms with Crippen molar-refractivity contribution in [2.75, 3.05) is 17.6 Å².